The lowest BCUT2D eigenvalue weighted by Gasteiger charge is -2.40. The average molecular weight is 257 g/mol. The van der Waals surface area contributed by atoms with E-state index in [0.29, 0.717) is 12.6 Å². The molecule has 0 aliphatic carbocycles. The second kappa shape index (κ2) is 6.50. The summed E-state index contributed by atoms with van der Waals surface area (Å²) >= 11 is 0. The number of nitrogens with zero attached hydrogens (tertiary/aromatic N) is 2. The van der Waals surface area contributed by atoms with Gasteiger partial charge in [0.05, 0.1) is 7.11 Å². The fraction of sp³-hybridized carbons (Fsp3) is 0.923. The van der Waals surface area contributed by atoms with Gasteiger partial charge in [-0.05, 0) is 20.3 Å². The van der Waals surface area contributed by atoms with Gasteiger partial charge in [-0.3, -0.25) is 14.6 Å². The first kappa shape index (κ1) is 15.4. The molecule has 18 heavy (non-hydrogen) atoms. The van der Waals surface area contributed by atoms with Gasteiger partial charge < -0.3 is 10.5 Å². The molecule has 5 heteroatoms. The van der Waals surface area contributed by atoms with Gasteiger partial charge in [-0.2, -0.15) is 0 Å². The maximum Gasteiger partial charge on any atom is 0.326 e. The Morgan fingerprint density at radius 1 is 1.39 bits per heavy atom. The van der Waals surface area contributed by atoms with Gasteiger partial charge in [0.25, 0.3) is 0 Å². The van der Waals surface area contributed by atoms with E-state index in [-0.39, 0.29) is 5.97 Å². The number of hydrogen-bond acceptors (Lipinski definition) is 5. The van der Waals surface area contributed by atoms with E-state index in [1.165, 1.54) is 13.5 Å². The van der Waals surface area contributed by atoms with Gasteiger partial charge in [-0.1, -0.05) is 6.92 Å². The number of carbonyl (C=O) groups excluding carboxylic acids is 1. The molecule has 0 spiro atoms. The molecule has 0 amide bonds. The van der Waals surface area contributed by atoms with Gasteiger partial charge in [0.2, 0.25) is 0 Å². The molecule has 1 aliphatic heterocycles. The molecule has 2 unspecified atom stereocenters. The highest BCUT2D eigenvalue weighted by Crippen LogP contribution is 2.12. The molecule has 1 saturated heterocycles. The Morgan fingerprint density at radius 3 is 2.39 bits per heavy atom. The topological polar surface area (TPSA) is 58.8 Å². The molecule has 1 heterocycles. The lowest BCUT2D eigenvalue weighted by molar-refractivity contribution is -0.147. The summed E-state index contributed by atoms with van der Waals surface area (Å²) in [4.78, 5) is 16.3. The summed E-state index contributed by atoms with van der Waals surface area (Å²) in [6.45, 7) is 10.8. The Balaban J connectivity index is 2.42. The van der Waals surface area contributed by atoms with E-state index in [4.69, 9.17) is 10.5 Å². The van der Waals surface area contributed by atoms with Crippen LogP contribution in [0.3, 0.4) is 0 Å². The van der Waals surface area contributed by atoms with Crippen LogP contribution in [-0.4, -0.2) is 67.2 Å². The Morgan fingerprint density at radius 2 is 1.94 bits per heavy atom. The van der Waals surface area contributed by atoms with Crippen LogP contribution in [-0.2, 0) is 9.53 Å². The summed E-state index contributed by atoms with van der Waals surface area (Å²) in [5.41, 5.74) is 5.08. The molecule has 2 N–H and O–H groups in total. The van der Waals surface area contributed by atoms with Crippen LogP contribution in [0.25, 0.3) is 0 Å². The smallest absolute Gasteiger partial charge is 0.326 e. The lowest BCUT2D eigenvalue weighted by Crippen LogP contribution is -2.58. The molecule has 0 saturated carbocycles. The van der Waals surface area contributed by atoms with E-state index < -0.39 is 5.54 Å². The van der Waals surface area contributed by atoms with Crippen molar-refractivity contribution in [1.82, 2.24) is 9.80 Å². The summed E-state index contributed by atoms with van der Waals surface area (Å²) < 4.78 is 4.73. The highest BCUT2D eigenvalue weighted by atomic mass is 16.5. The predicted octanol–water partition coefficient (Wildman–Crippen LogP) is 0.293. The standard InChI is InChI=1S/C13H27N3O2/c1-5-11(2)16-8-6-15(7-9-16)10-13(3,14)12(17)18-4/h11H,5-10,14H2,1-4H3. The van der Waals surface area contributed by atoms with E-state index in [1.807, 2.05) is 0 Å². The molecule has 0 aromatic carbocycles. The summed E-state index contributed by atoms with van der Waals surface area (Å²) in [5, 5.41) is 0. The minimum Gasteiger partial charge on any atom is -0.468 e. The second-order valence-corrected chi connectivity index (χ2v) is 5.48. The molecule has 0 radical (unpaired) electrons. The zero-order valence-corrected chi connectivity index (χ0v) is 12.1. The summed E-state index contributed by atoms with van der Waals surface area (Å²) in [5.74, 6) is -0.341. The van der Waals surface area contributed by atoms with Crippen molar-refractivity contribution in [3.63, 3.8) is 0 Å². The molecule has 0 bridgehead atoms. The van der Waals surface area contributed by atoms with E-state index in [1.54, 1.807) is 6.92 Å². The van der Waals surface area contributed by atoms with Crippen LogP contribution in [0.4, 0.5) is 0 Å². The summed E-state index contributed by atoms with van der Waals surface area (Å²) in [7, 11) is 1.38. The molecule has 106 valence electrons. The largest absolute Gasteiger partial charge is 0.468 e. The zero-order chi connectivity index (χ0) is 13.8. The minimum atomic E-state index is -0.909. The van der Waals surface area contributed by atoms with Gasteiger partial charge in [-0.15, -0.1) is 0 Å². The van der Waals surface area contributed by atoms with Crippen molar-refractivity contribution >= 4 is 5.97 Å². The van der Waals surface area contributed by atoms with Crippen LogP contribution in [0, 0.1) is 0 Å². The first-order valence-corrected chi connectivity index (χ1v) is 6.74. The summed E-state index contributed by atoms with van der Waals surface area (Å²) in [6.07, 6.45) is 1.18. The van der Waals surface area contributed by atoms with Gasteiger partial charge in [-0.25, -0.2) is 0 Å². The third-order valence-electron chi connectivity index (χ3n) is 3.82. The van der Waals surface area contributed by atoms with E-state index in [2.05, 4.69) is 23.6 Å². The third-order valence-corrected chi connectivity index (χ3v) is 3.82. The van der Waals surface area contributed by atoms with Gasteiger partial charge in [0, 0.05) is 38.8 Å². The van der Waals surface area contributed by atoms with Crippen LogP contribution >= 0.6 is 0 Å². The zero-order valence-electron chi connectivity index (χ0n) is 12.1. The molecule has 5 nitrogen and oxygen atoms in total. The number of carbonyl (C=O) groups is 1. The van der Waals surface area contributed by atoms with Gasteiger partial charge in [0.1, 0.15) is 5.54 Å². The molecule has 1 rings (SSSR count). The van der Waals surface area contributed by atoms with E-state index in [9.17, 15) is 4.79 Å². The first-order valence-electron chi connectivity index (χ1n) is 6.74. The van der Waals surface area contributed by atoms with Crippen LogP contribution < -0.4 is 5.73 Å². The Labute approximate surface area is 110 Å². The number of hydrogen-bond donors (Lipinski definition) is 1. The number of ether oxygens (including phenoxy) is 1. The SMILES string of the molecule is CCC(C)N1CCN(CC(C)(N)C(=O)OC)CC1. The number of nitrogens with two attached hydrogens (primary N) is 1. The van der Waals surface area contributed by atoms with Crippen LogP contribution in [0.15, 0.2) is 0 Å². The third kappa shape index (κ3) is 3.93. The van der Waals surface area contributed by atoms with Crippen molar-refractivity contribution in [2.75, 3.05) is 39.8 Å². The van der Waals surface area contributed by atoms with Gasteiger partial charge >= 0.3 is 5.97 Å². The molecular formula is C13H27N3O2. The Hall–Kier alpha value is -0.650. The van der Waals surface area contributed by atoms with E-state index >= 15 is 0 Å². The minimum absolute atomic E-state index is 0.341. The highest BCUT2D eigenvalue weighted by molar-refractivity contribution is 5.80. The lowest BCUT2D eigenvalue weighted by atomic mass is 10.0. The molecule has 0 aromatic heterocycles. The quantitative estimate of drug-likeness (QED) is 0.718. The van der Waals surface area contributed by atoms with Crippen molar-refractivity contribution in [3.8, 4) is 0 Å². The highest BCUT2D eigenvalue weighted by Gasteiger charge is 2.33. The number of esters is 1. The second-order valence-electron chi connectivity index (χ2n) is 5.48. The molecule has 2 atom stereocenters. The van der Waals surface area contributed by atoms with Crippen molar-refractivity contribution < 1.29 is 9.53 Å². The molecule has 1 fully saturated rings. The molecule has 1 aliphatic rings. The maximum absolute atomic E-state index is 11.5. The van der Waals surface area contributed by atoms with Crippen molar-refractivity contribution in [1.29, 1.82) is 0 Å². The Kier molecular flexibility index (Phi) is 5.56. The number of piperazine rings is 1. The predicted molar refractivity (Wildman–Crippen MR) is 72.4 cm³/mol. The van der Waals surface area contributed by atoms with Crippen molar-refractivity contribution in [2.24, 2.45) is 5.73 Å². The average Bonchev–Trinajstić information content (AvgIpc) is 2.37. The van der Waals surface area contributed by atoms with Crippen molar-refractivity contribution in [3.05, 3.63) is 0 Å². The fourth-order valence-electron chi connectivity index (χ4n) is 2.38. The number of methoxy groups -OCH3 is 1. The molecular weight excluding hydrogens is 230 g/mol. The first-order chi connectivity index (χ1) is 8.40. The van der Waals surface area contributed by atoms with E-state index in [0.717, 1.165) is 26.2 Å². The van der Waals surface area contributed by atoms with Crippen molar-refractivity contribution in [2.45, 2.75) is 38.8 Å². The van der Waals surface area contributed by atoms with Crippen LogP contribution in [0.5, 0.6) is 0 Å². The monoisotopic (exact) mass is 257 g/mol. The van der Waals surface area contributed by atoms with Gasteiger partial charge in [0.15, 0.2) is 0 Å². The molecule has 0 aromatic rings. The maximum atomic E-state index is 11.5. The normalized spacial score (nSPS) is 23.4. The Bertz CT molecular complexity index is 273. The van der Waals surface area contributed by atoms with Crippen LogP contribution in [0.2, 0.25) is 0 Å². The van der Waals surface area contributed by atoms with Crippen LogP contribution in [0.1, 0.15) is 27.2 Å². The fourth-order valence-corrected chi connectivity index (χ4v) is 2.38. The summed E-state index contributed by atoms with van der Waals surface area (Å²) in [6, 6.07) is 0.636. The number of rotatable bonds is 5.